The van der Waals surface area contributed by atoms with Gasteiger partial charge in [0.2, 0.25) is 0 Å². The molecule has 0 spiro atoms. The zero-order valence-electron chi connectivity index (χ0n) is 13.8. The first-order chi connectivity index (χ1) is 11.6. The number of ether oxygens (including phenoxy) is 1. The van der Waals surface area contributed by atoms with Crippen LogP contribution >= 0.6 is 0 Å². The Labute approximate surface area is 141 Å². The van der Waals surface area contributed by atoms with E-state index in [1.807, 2.05) is 12.1 Å². The van der Waals surface area contributed by atoms with E-state index >= 15 is 0 Å². The summed E-state index contributed by atoms with van der Waals surface area (Å²) < 4.78 is 19.0. The Bertz CT molecular complexity index is 706. The molecule has 1 N–H and O–H groups in total. The van der Waals surface area contributed by atoms with E-state index in [1.165, 1.54) is 17.7 Å². The lowest BCUT2D eigenvalue weighted by Crippen LogP contribution is -2.39. The maximum Gasteiger partial charge on any atom is 0.254 e. The van der Waals surface area contributed by atoms with Crippen LogP contribution in [-0.4, -0.2) is 19.6 Å². The molecule has 0 unspecified atom stereocenters. The number of benzene rings is 2. The fourth-order valence-electron chi connectivity index (χ4n) is 3.55. The minimum atomic E-state index is -0.486. The maximum atomic E-state index is 13.8. The monoisotopic (exact) mass is 327 g/mol. The number of carbonyl (C=O) groups is 1. The predicted octanol–water partition coefficient (Wildman–Crippen LogP) is 4.08. The largest absolute Gasteiger partial charge is 0.497 e. The molecule has 126 valence electrons. The lowest BCUT2D eigenvalue weighted by Gasteiger charge is -2.30. The standard InChI is InChI=1S/C20H22FNO2/c1-24-16-10-8-15(9-11-16)20(12-4-5-13-20)14-22-19(23)17-6-2-3-7-18(17)21/h2-3,6-11H,4-5,12-14H2,1H3,(H,22,23). The van der Waals surface area contributed by atoms with E-state index in [4.69, 9.17) is 4.74 Å². The van der Waals surface area contributed by atoms with E-state index in [0.717, 1.165) is 31.4 Å². The Balaban J connectivity index is 1.76. The zero-order chi connectivity index (χ0) is 17.0. The first-order valence-corrected chi connectivity index (χ1v) is 8.32. The topological polar surface area (TPSA) is 38.3 Å². The summed E-state index contributed by atoms with van der Waals surface area (Å²) in [7, 11) is 1.65. The van der Waals surface area contributed by atoms with Gasteiger partial charge in [-0.15, -0.1) is 0 Å². The number of halogens is 1. The lowest BCUT2D eigenvalue weighted by atomic mass is 9.78. The fraction of sp³-hybridized carbons (Fsp3) is 0.350. The van der Waals surface area contributed by atoms with E-state index < -0.39 is 5.82 Å². The molecule has 24 heavy (non-hydrogen) atoms. The molecule has 3 rings (SSSR count). The van der Waals surface area contributed by atoms with E-state index in [1.54, 1.807) is 19.2 Å². The molecule has 0 atom stereocenters. The Kier molecular flexibility index (Phi) is 4.84. The first kappa shape index (κ1) is 16.5. The molecule has 2 aromatic rings. The van der Waals surface area contributed by atoms with Crippen molar-refractivity contribution in [2.75, 3.05) is 13.7 Å². The molecule has 0 aromatic heterocycles. The number of carbonyl (C=O) groups excluding carboxylic acids is 1. The molecule has 4 heteroatoms. The Morgan fingerprint density at radius 2 is 1.79 bits per heavy atom. The smallest absolute Gasteiger partial charge is 0.254 e. The Morgan fingerprint density at radius 3 is 2.42 bits per heavy atom. The highest BCUT2D eigenvalue weighted by atomic mass is 19.1. The van der Waals surface area contributed by atoms with Crippen molar-refractivity contribution in [3.63, 3.8) is 0 Å². The number of nitrogens with one attached hydrogen (secondary N) is 1. The molecule has 0 bridgehead atoms. The summed E-state index contributed by atoms with van der Waals surface area (Å²) in [5.41, 5.74) is 1.22. The minimum absolute atomic E-state index is 0.0762. The Morgan fingerprint density at radius 1 is 1.12 bits per heavy atom. The van der Waals surface area contributed by atoms with Crippen LogP contribution in [0.25, 0.3) is 0 Å². The van der Waals surface area contributed by atoms with Gasteiger partial charge in [-0.25, -0.2) is 4.39 Å². The van der Waals surface area contributed by atoms with E-state index in [0.29, 0.717) is 6.54 Å². The van der Waals surface area contributed by atoms with Crippen LogP contribution in [0.3, 0.4) is 0 Å². The van der Waals surface area contributed by atoms with Gasteiger partial charge in [-0.3, -0.25) is 4.79 Å². The summed E-state index contributed by atoms with van der Waals surface area (Å²) in [6.07, 6.45) is 4.33. The van der Waals surface area contributed by atoms with Crippen molar-refractivity contribution in [2.24, 2.45) is 0 Å². The molecular weight excluding hydrogens is 305 g/mol. The van der Waals surface area contributed by atoms with E-state index in [2.05, 4.69) is 17.4 Å². The maximum absolute atomic E-state index is 13.8. The molecule has 1 aliphatic rings. The molecular formula is C20H22FNO2. The molecule has 0 aliphatic heterocycles. The normalized spacial score (nSPS) is 15.9. The van der Waals surface area contributed by atoms with Gasteiger partial charge in [-0.2, -0.15) is 0 Å². The van der Waals surface area contributed by atoms with Gasteiger partial charge in [-0.05, 0) is 42.7 Å². The third kappa shape index (κ3) is 3.28. The van der Waals surface area contributed by atoms with Crippen molar-refractivity contribution in [2.45, 2.75) is 31.1 Å². The number of rotatable bonds is 5. The van der Waals surface area contributed by atoms with E-state index in [-0.39, 0.29) is 16.9 Å². The van der Waals surface area contributed by atoms with Crippen LogP contribution in [0.4, 0.5) is 4.39 Å². The van der Waals surface area contributed by atoms with Crippen LogP contribution in [0.1, 0.15) is 41.6 Å². The molecule has 1 fully saturated rings. The summed E-state index contributed by atoms with van der Waals surface area (Å²) >= 11 is 0. The molecule has 3 nitrogen and oxygen atoms in total. The van der Waals surface area contributed by atoms with Crippen LogP contribution in [-0.2, 0) is 5.41 Å². The molecule has 2 aromatic carbocycles. The molecule has 0 saturated heterocycles. The van der Waals surface area contributed by atoms with Gasteiger partial charge in [0, 0.05) is 12.0 Å². The summed E-state index contributed by atoms with van der Waals surface area (Å²) in [6, 6.07) is 14.1. The van der Waals surface area contributed by atoms with Crippen molar-refractivity contribution in [3.8, 4) is 5.75 Å². The third-order valence-corrected chi connectivity index (χ3v) is 4.97. The highest BCUT2D eigenvalue weighted by Gasteiger charge is 2.36. The van der Waals surface area contributed by atoms with Gasteiger partial charge in [0.05, 0.1) is 12.7 Å². The predicted molar refractivity (Wildman–Crippen MR) is 91.9 cm³/mol. The number of hydrogen-bond donors (Lipinski definition) is 1. The molecule has 0 heterocycles. The highest BCUT2D eigenvalue weighted by Crippen LogP contribution is 2.41. The van der Waals surface area contributed by atoms with Crippen molar-refractivity contribution in [3.05, 3.63) is 65.5 Å². The molecule has 0 radical (unpaired) electrons. The van der Waals surface area contributed by atoms with Gasteiger partial charge in [0.15, 0.2) is 0 Å². The fourth-order valence-corrected chi connectivity index (χ4v) is 3.55. The summed E-state index contributed by atoms with van der Waals surface area (Å²) in [5.74, 6) is -0.0184. The van der Waals surface area contributed by atoms with Gasteiger partial charge >= 0.3 is 0 Å². The summed E-state index contributed by atoms with van der Waals surface area (Å²) in [5, 5.41) is 2.94. The minimum Gasteiger partial charge on any atom is -0.497 e. The second-order valence-electron chi connectivity index (χ2n) is 6.38. The van der Waals surface area contributed by atoms with Gasteiger partial charge in [-0.1, -0.05) is 37.1 Å². The SMILES string of the molecule is COc1ccc(C2(CNC(=O)c3ccccc3F)CCCC2)cc1. The van der Waals surface area contributed by atoms with Crippen molar-refractivity contribution in [1.29, 1.82) is 0 Å². The first-order valence-electron chi connectivity index (χ1n) is 8.32. The van der Waals surface area contributed by atoms with Crippen LogP contribution in [0, 0.1) is 5.82 Å². The Hall–Kier alpha value is -2.36. The molecule has 1 saturated carbocycles. The molecule has 1 amide bonds. The summed E-state index contributed by atoms with van der Waals surface area (Å²) in [6.45, 7) is 0.520. The average molecular weight is 327 g/mol. The summed E-state index contributed by atoms with van der Waals surface area (Å²) in [4.78, 5) is 12.3. The third-order valence-electron chi connectivity index (χ3n) is 4.97. The van der Waals surface area contributed by atoms with Crippen molar-refractivity contribution < 1.29 is 13.9 Å². The lowest BCUT2D eigenvalue weighted by molar-refractivity contribution is 0.0939. The number of amides is 1. The van der Waals surface area contributed by atoms with Gasteiger partial charge in [0.25, 0.3) is 5.91 Å². The van der Waals surface area contributed by atoms with Crippen LogP contribution in [0.15, 0.2) is 48.5 Å². The zero-order valence-corrected chi connectivity index (χ0v) is 13.8. The number of hydrogen-bond acceptors (Lipinski definition) is 2. The highest BCUT2D eigenvalue weighted by molar-refractivity contribution is 5.94. The van der Waals surface area contributed by atoms with E-state index in [9.17, 15) is 9.18 Å². The second-order valence-corrected chi connectivity index (χ2v) is 6.38. The molecule has 1 aliphatic carbocycles. The second kappa shape index (κ2) is 7.04. The van der Waals surface area contributed by atoms with Gasteiger partial charge in [0.1, 0.15) is 11.6 Å². The van der Waals surface area contributed by atoms with Crippen molar-refractivity contribution in [1.82, 2.24) is 5.32 Å². The average Bonchev–Trinajstić information content (AvgIpc) is 3.10. The number of methoxy groups -OCH3 is 1. The van der Waals surface area contributed by atoms with Gasteiger partial charge < -0.3 is 10.1 Å². The van der Waals surface area contributed by atoms with Crippen LogP contribution in [0.5, 0.6) is 5.75 Å². The van der Waals surface area contributed by atoms with Crippen molar-refractivity contribution >= 4 is 5.91 Å². The van der Waals surface area contributed by atoms with Crippen LogP contribution in [0.2, 0.25) is 0 Å². The van der Waals surface area contributed by atoms with Crippen LogP contribution < -0.4 is 10.1 Å². The quantitative estimate of drug-likeness (QED) is 0.899.